The molecule has 146 valence electrons. The van der Waals surface area contributed by atoms with Crippen LogP contribution in [0.4, 0.5) is 15.3 Å². The Hall–Kier alpha value is -3.03. The smallest absolute Gasteiger partial charge is 0.434 e. The fourth-order valence-corrected chi connectivity index (χ4v) is 2.11. The summed E-state index contributed by atoms with van der Waals surface area (Å²) >= 11 is 0. The number of hydrazine groups is 1. The third kappa shape index (κ3) is 6.32. The molecule has 0 unspecified atom stereocenters. The van der Waals surface area contributed by atoms with E-state index in [0.717, 1.165) is 10.7 Å². The Morgan fingerprint density at radius 1 is 1.04 bits per heavy atom. The van der Waals surface area contributed by atoms with Gasteiger partial charge in [-0.1, -0.05) is 6.07 Å². The second-order valence-corrected chi connectivity index (χ2v) is 7.90. The molecule has 8 heteroatoms. The number of hydrogen-bond acceptors (Lipinski definition) is 5. The first-order valence-corrected chi connectivity index (χ1v) is 8.57. The molecule has 27 heavy (non-hydrogen) atoms. The van der Waals surface area contributed by atoms with Gasteiger partial charge in [-0.3, -0.25) is 0 Å². The van der Waals surface area contributed by atoms with E-state index < -0.39 is 23.4 Å². The van der Waals surface area contributed by atoms with Crippen LogP contribution in [0.2, 0.25) is 0 Å². The van der Waals surface area contributed by atoms with Crippen LogP contribution in [0.5, 0.6) is 0 Å². The second kappa shape index (κ2) is 7.69. The molecule has 0 fully saturated rings. The highest BCUT2D eigenvalue weighted by Gasteiger charge is 2.27. The number of amides is 2. The standard InChI is InChI=1S/C19H26N4O4/c1-18(2,3)26-16(24)21-23(17(25)27-19(4,5)6)15-10-7-9-14(13-15)22-12-8-11-20-22/h7-13H,1-6H3,(H,21,24). The van der Waals surface area contributed by atoms with Gasteiger partial charge in [0.15, 0.2) is 0 Å². The van der Waals surface area contributed by atoms with Gasteiger partial charge in [0.25, 0.3) is 0 Å². The Bertz CT molecular complexity index is 789. The lowest BCUT2D eigenvalue weighted by molar-refractivity contribution is 0.0425. The van der Waals surface area contributed by atoms with Gasteiger partial charge in [-0.25, -0.2) is 19.7 Å². The van der Waals surface area contributed by atoms with Crippen molar-refractivity contribution in [1.82, 2.24) is 15.2 Å². The molecule has 2 aromatic rings. The molecule has 1 heterocycles. The van der Waals surface area contributed by atoms with Crippen molar-refractivity contribution in [2.24, 2.45) is 0 Å². The van der Waals surface area contributed by atoms with Gasteiger partial charge in [0.05, 0.1) is 11.4 Å². The molecule has 0 saturated heterocycles. The molecule has 0 aliphatic carbocycles. The normalized spacial score (nSPS) is 11.6. The molecule has 1 aromatic carbocycles. The van der Waals surface area contributed by atoms with Crippen molar-refractivity contribution in [2.45, 2.75) is 52.7 Å². The Kier molecular flexibility index (Phi) is 5.78. The van der Waals surface area contributed by atoms with E-state index in [2.05, 4.69) is 10.5 Å². The largest absolute Gasteiger partial charge is 0.443 e. The Morgan fingerprint density at radius 2 is 1.70 bits per heavy atom. The average Bonchev–Trinajstić information content (AvgIpc) is 3.03. The van der Waals surface area contributed by atoms with E-state index in [1.165, 1.54) is 0 Å². The van der Waals surface area contributed by atoms with E-state index in [1.54, 1.807) is 82.9 Å². The first-order valence-electron chi connectivity index (χ1n) is 8.57. The highest BCUT2D eigenvalue weighted by Crippen LogP contribution is 2.20. The predicted molar refractivity (Wildman–Crippen MR) is 102 cm³/mol. The summed E-state index contributed by atoms with van der Waals surface area (Å²) in [6.45, 7) is 10.5. The highest BCUT2D eigenvalue weighted by molar-refractivity contribution is 5.91. The van der Waals surface area contributed by atoms with E-state index in [-0.39, 0.29) is 0 Å². The van der Waals surface area contributed by atoms with E-state index in [1.807, 2.05) is 6.07 Å². The van der Waals surface area contributed by atoms with Crippen molar-refractivity contribution < 1.29 is 19.1 Å². The minimum atomic E-state index is -0.766. The quantitative estimate of drug-likeness (QED) is 0.802. The maximum atomic E-state index is 12.7. The molecule has 0 atom stereocenters. The van der Waals surface area contributed by atoms with Crippen molar-refractivity contribution in [3.63, 3.8) is 0 Å². The van der Waals surface area contributed by atoms with E-state index in [0.29, 0.717) is 5.69 Å². The molecule has 0 spiro atoms. The number of hydrogen-bond donors (Lipinski definition) is 1. The molecular weight excluding hydrogens is 348 g/mol. The third-order valence-corrected chi connectivity index (χ3v) is 3.03. The summed E-state index contributed by atoms with van der Waals surface area (Å²) in [6, 6.07) is 8.75. The number of nitrogens with one attached hydrogen (secondary N) is 1. The highest BCUT2D eigenvalue weighted by atomic mass is 16.6. The lowest BCUT2D eigenvalue weighted by Gasteiger charge is -2.29. The zero-order chi connectivity index (χ0) is 20.2. The Balaban J connectivity index is 2.33. The van der Waals surface area contributed by atoms with Crippen molar-refractivity contribution in [3.05, 3.63) is 42.7 Å². The molecule has 2 amide bonds. The predicted octanol–water partition coefficient (Wildman–Crippen LogP) is 4.05. The van der Waals surface area contributed by atoms with Gasteiger partial charge in [-0.15, -0.1) is 0 Å². The number of anilines is 1. The van der Waals surface area contributed by atoms with Crippen molar-refractivity contribution in [3.8, 4) is 5.69 Å². The van der Waals surface area contributed by atoms with Crippen LogP contribution in [0, 0.1) is 0 Å². The molecule has 0 aliphatic heterocycles. The summed E-state index contributed by atoms with van der Waals surface area (Å²) in [5.74, 6) is 0. The van der Waals surface area contributed by atoms with E-state index in [4.69, 9.17) is 9.47 Å². The van der Waals surface area contributed by atoms with Crippen LogP contribution in [0.1, 0.15) is 41.5 Å². The average molecular weight is 374 g/mol. The van der Waals surface area contributed by atoms with Crippen LogP contribution in [0.15, 0.2) is 42.7 Å². The summed E-state index contributed by atoms with van der Waals surface area (Å²) in [7, 11) is 0. The second-order valence-electron chi connectivity index (χ2n) is 7.90. The minimum absolute atomic E-state index is 0.406. The molecular formula is C19H26N4O4. The maximum absolute atomic E-state index is 12.7. The topological polar surface area (TPSA) is 85.7 Å². The van der Waals surface area contributed by atoms with Crippen LogP contribution in [0.25, 0.3) is 5.69 Å². The summed E-state index contributed by atoms with van der Waals surface area (Å²) in [4.78, 5) is 24.9. The first-order chi connectivity index (χ1) is 12.4. The Morgan fingerprint density at radius 3 is 2.26 bits per heavy atom. The van der Waals surface area contributed by atoms with Crippen LogP contribution < -0.4 is 10.4 Å². The molecule has 1 N–H and O–H groups in total. The molecule has 2 rings (SSSR count). The van der Waals surface area contributed by atoms with E-state index in [9.17, 15) is 9.59 Å². The van der Waals surface area contributed by atoms with Gasteiger partial charge < -0.3 is 9.47 Å². The fraction of sp³-hybridized carbons (Fsp3) is 0.421. The monoisotopic (exact) mass is 374 g/mol. The number of carbonyl (C=O) groups is 2. The number of carbonyl (C=O) groups excluding carboxylic acids is 2. The van der Waals surface area contributed by atoms with Crippen LogP contribution in [-0.2, 0) is 9.47 Å². The number of nitrogens with zero attached hydrogens (tertiary/aromatic N) is 3. The van der Waals surface area contributed by atoms with Crippen molar-refractivity contribution >= 4 is 17.9 Å². The molecule has 1 aromatic heterocycles. The zero-order valence-corrected chi connectivity index (χ0v) is 16.5. The number of ether oxygens (including phenoxy) is 2. The molecule has 8 nitrogen and oxygen atoms in total. The van der Waals surface area contributed by atoms with Gasteiger partial charge in [-0.2, -0.15) is 10.1 Å². The van der Waals surface area contributed by atoms with Crippen molar-refractivity contribution in [1.29, 1.82) is 0 Å². The summed E-state index contributed by atoms with van der Waals surface area (Å²) in [5.41, 5.74) is 2.14. The lowest BCUT2D eigenvalue weighted by Crippen LogP contribution is -2.50. The number of aromatic nitrogens is 2. The number of rotatable bonds is 2. The van der Waals surface area contributed by atoms with Crippen LogP contribution in [-0.4, -0.2) is 33.2 Å². The number of benzene rings is 1. The molecule has 0 saturated carbocycles. The third-order valence-electron chi connectivity index (χ3n) is 3.03. The SMILES string of the molecule is CC(C)(C)OC(=O)NN(C(=O)OC(C)(C)C)c1cccc(-n2cccn2)c1. The van der Waals surface area contributed by atoms with Crippen LogP contribution >= 0.6 is 0 Å². The molecule has 0 radical (unpaired) electrons. The summed E-state index contributed by atoms with van der Waals surface area (Å²) in [6.07, 6.45) is 1.93. The van der Waals surface area contributed by atoms with Crippen LogP contribution in [0.3, 0.4) is 0 Å². The lowest BCUT2D eigenvalue weighted by atomic mass is 10.2. The summed E-state index contributed by atoms with van der Waals surface area (Å²) < 4.78 is 12.3. The fourth-order valence-electron chi connectivity index (χ4n) is 2.11. The Labute approximate surface area is 159 Å². The van der Waals surface area contributed by atoms with Crippen molar-refractivity contribution in [2.75, 3.05) is 5.01 Å². The zero-order valence-electron chi connectivity index (χ0n) is 16.5. The van der Waals surface area contributed by atoms with E-state index >= 15 is 0 Å². The van der Waals surface area contributed by atoms with Gasteiger partial charge >= 0.3 is 12.2 Å². The maximum Gasteiger partial charge on any atom is 0.434 e. The minimum Gasteiger partial charge on any atom is -0.443 e. The van der Waals surface area contributed by atoms with Gasteiger partial charge in [-0.05, 0) is 65.8 Å². The van der Waals surface area contributed by atoms with Gasteiger partial charge in [0, 0.05) is 12.4 Å². The molecule has 0 bridgehead atoms. The molecule has 0 aliphatic rings. The van der Waals surface area contributed by atoms with Gasteiger partial charge in [0.2, 0.25) is 0 Å². The first kappa shape index (κ1) is 20.3. The summed E-state index contributed by atoms with van der Waals surface area (Å²) in [5, 5.41) is 5.19. The van der Waals surface area contributed by atoms with Gasteiger partial charge in [0.1, 0.15) is 11.2 Å².